The Morgan fingerprint density at radius 1 is 1.33 bits per heavy atom. The number of nitrogens with one attached hydrogen (secondary N) is 1. The largest absolute Gasteiger partial charge is 0.311 e. The second-order valence-corrected chi connectivity index (χ2v) is 7.80. The van der Waals surface area contributed by atoms with Crippen LogP contribution in [0, 0.1) is 5.92 Å². The Bertz CT molecular complexity index is 286. The third kappa shape index (κ3) is 3.34. The molecule has 0 bridgehead atoms. The van der Waals surface area contributed by atoms with E-state index >= 15 is 0 Å². The van der Waals surface area contributed by atoms with E-state index in [0.717, 1.165) is 30.9 Å². The van der Waals surface area contributed by atoms with Gasteiger partial charge in [-0.2, -0.15) is 0 Å². The number of hydrogen-bond acceptors (Lipinski definition) is 3. The van der Waals surface area contributed by atoms with Gasteiger partial charge in [-0.05, 0) is 25.2 Å². The number of nitrogens with zero attached hydrogens (tertiary/aromatic N) is 1. The fourth-order valence-corrected chi connectivity index (χ4v) is 4.56. The van der Waals surface area contributed by atoms with Crippen LogP contribution < -0.4 is 5.32 Å². The van der Waals surface area contributed by atoms with Crippen LogP contribution in [0.1, 0.15) is 40.0 Å². The average molecular weight is 272 g/mol. The minimum absolute atomic E-state index is 0.540. The summed E-state index contributed by atoms with van der Waals surface area (Å²) in [5, 5.41) is 3.68. The van der Waals surface area contributed by atoms with Gasteiger partial charge in [0.1, 0.15) is 0 Å². The summed E-state index contributed by atoms with van der Waals surface area (Å²) in [7, 11) is -0.540. The molecular weight excluding hydrogens is 244 g/mol. The summed E-state index contributed by atoms with van der Waals surface area (Å²) < 4.78 is 11.5. The van der Waals surface area contributed by atoms with Gasteiger partial charge in [0.05, 0.1) is 0 Å². The number of hydrogen-bond donors (Lipinski definition) is 1. The van der Waals surface area contributed by atoms with Crippen molar-refractivity contribution >= 4 is 10.8 Å². The molecule has 0 radical (unpaired) electrons. The predicted molar refractivity (Wildman–Crippen MR) is 78.3 cm³/mol. The summed E-state index contributed by atoms with van der Waals surface area (Å²) in [5.74, 6) is 2.52. The summed E-state index contributed by atoms with van der Waals surface area (Å²) in [6.07, 6.45) is 3.47. The van der Waals surface area contributed by atoms with Crippen LogP contribution in [0.2, 0.25) is 0 Å². The second-order valence-electron chi connectivity index (χ2n) is 6.10. The molecular formula is C14H28N2OS. The molecule has 2 aliphatic heterocycles. The summed E-state index contributed by atoms with van der Waals surface area (Å²) in [4.78, 5) is 2.73. The Morgan fingerprint density at radius 2 is 2.00 bits per heavy atom. The fourth-order valence-electron chi connectivity index (χ4n) is 3.28. The highest BCUT2D eigenvalue weighted by Gasteiger charge is 2.35. The molecule has 3 nitrogen and oxygen atoms in total. The summed E-state index contributed by atoms with van der Waals surface area (Å²) in [6.45, 7) is 9.22. The predicted octanol–water partition coefficient (Wildman–Crippen LogP) is 1.61. The highest BCUT2D eigenvalue weighted by atomic mass is 32.2. The maximum Gasteiger partial charge on any atom is 0.0249 e. The van der Waals surface area contributed by atoms with E-state index < -0.39 is 10.8 Å². The molecule has 2 fully saturated rings. The molecule has 2 aliphatic rings. The van der Waals surface area contributed by atoms with E-state index in [1.165, 1.54) is 13.0 Å². The molecule has 2 unspecified atom stereocenters. The van der Waals surface area contributed by atoms with Crippen LogP contribution in [0.5, 0.6) is 0 Å². The van der Waals surface area contributed by atoms with Crippen LogP contribution in [0.15, 0.2) is 0 Å². The van der Waals surface area contributed by atoms with Gasteiger partial charge < -0.3 is 5.32 Å². The minimum atomic E-state index is -0.540. The molecule has 0 aliphatic carbocycles. The van der Waals surface area contributed by atoms with Gasteiger partial charge in [0, 0.05) is 53.5 Å². The number of rotatable bonds is 3. The molecule has 18 heavy (non-hydrogen) atoms. The van der Waals surface area contributed by atoms with Gasteiger partial charge in [0.2, 0.25) is 0 Å². The number of piperazine rings is 1. The van der Waals surface area contributed by atoms with E-state index in [-0.39, 0.29) is 0 Å². The Kier molecular flexibility index (Phi) is 5.22. The SMILES string of the molecule is CCC1CN(C2CCS(=O)CC2)C(C(C)C)CN1. The molecule has 0 spiro atoms. The molecule has 0 amide bonds. The second kappa shape index (κ2) is 6.49. The van der Waals surface area contributed by atoms with Crippen molar-refractivity contribution in [1.29, 1.82) is 0 Å². The quantitative estimate of drug-likeness (QED) is 0.847. The van der Waals surface area contributed by atoms with Gasteiger partial charge in [0.15, 0.2) is 0 Å². The molecule has 2 rings (SSSR count). The Balaban J connectivity index is 2.02. The van der Waals surface area contributed by atoms with Gasteiger partial charge in [-0.25, -0.2) is 0 Å². The minimum Gasteiger partial charge on any atom is -0.311 e. The van der Waals surface area contributed by atoms with Crippen molar-refractivity contribution in [2.45, 2.75) is 58.2 Å². The van der Waals surface area contributed by atoms with Crippen LogP contribution in [0.25, 0.3) is 0 Å². The lowest BCUT2D eigenvalue weighted by Crippen LogP contribution is -2.61. The third-order valence-electron chi connectivity index (χ3n) is 4.56. The smallest absolute Gasteiger partial charge is 0.0249 e. The van der Waals surface area contributed by atoms with Crippen LogP contribution >= 0.6 is 0 Å². The Morgan fingerprint density at radius 3 is 2.56 bits per heavy atom. The first kappa shape index (κ1) is 14.5. The van der Waals surface area contributed by atoms with E-state index in [9.17, 15) is 4.21 Å². The topological polar surface area (TPSA) is 32.3 Å². The van der Waals surface area contributed by atoms with Crippen molar-refractivity contribution in [3.8, 4) is 0 Å². The maximum atomic E-state index is 11.5. The molecule has 0 saturated carbocycles. The average Bonchev–Trinajstić information content (AvgIpc) is 2.38. The lowest BCUT2D eigenvalue weighted by atomic mass is 9.94. The molecule has 1 N–H and O–H groups in total. The lowest BCUT2D eigenvalue weighted by Gasteiger charge is -2.47. The van der Waals surface area contributed by atoms with Gasteiger partial charge >= 0.3 is 0 Å². The zero-order valence-electron chi connectivity index (χ0n) is 12.0. The zero-order valence-corrected chi connectivity index (χ0v) is 12.8. The van der Waals surface area contributed by atoms with Gasteiger partial charge in [-0.15, -0.1) is 0 Å². The zero-order chi connectivity index (χ0) is 13.1. The summed E-state index contributed by atoms with van der Waals surface area (Å²) >= 11 is 0. The highest BCUT2D eigenvalue weighted by molar-refractivity contribution is 7.85. The molecule has 2 saturated heterocycles. The van der Waals surface area contributed by atoms with E-state index in [1.54, 1.807) is 0 Å². The van der Waals surface area contributed by atoms with E-state index in [1.807, 2.05) is 0 Å². The third-order valence-corrected chi connectivity index (χ3v) is 5.94. The molecule has 4 heteroatoms. The van der Waals surface area contributed by atoms with E-state index in [2.05, 4.69) is 31.0 Å². The van der Waals surface area contributed by atoms with Crippen LogP contribution in [-0.2, 0) is 10.8 Å². The van der Waals surface area contributed by atoms with Gasteiger partial charge in [-0.1, -0.05) is 20.8 Å². The summed E-state index contributed by atoms with van der Waals surface area (Å²) in [6, 6.07) is 1.98. The van der Waals surface area contributed by atoms with Crippen LogP contribution in [0.4, 0.5) is 0 Å². The van der Waals surface area contributed by atoms with E-state index in [4.69, 9.17) is 0 Å². The van der Waals surface area contributed by atoms with Crippen molar-refractivity contribution in [3.63, 3.8) is 0 Å². The fraction of sp³-hybridized carbons (Fsp3) is 1.00. The van der Waals surface area contributed by atoms with Crippen molar-refractivity contribution in [2.24, 2.45) is 5.92 Å². The first-order valence-electron chi connectivity index (χ1n) is 7.46. The van der Waals surface area contributed by atoms with Gasteiger partial charge in [0.25, 0.3) is 0 Å². The van der Waals surface area contributed by atoms with Crippen molar-refractivity contribution in [1.82, 2.24) is 10.2 Å². The molecule has 0 aromatic rings. The Hall–Kier alpha value is 0.0700. The molecule has 0 aromatic carbocycles. The van der Waals surface area contributed by atoms with Crippen molar-refractivity contribution in [2.75, 3.05) is 24.6 Å². The first-order valence-corrected chi connectivity index (χ1v) is 8.94. The molecule has 106 valence electrons. The van der Waals surface area contributed by atoms with Crippen LogP contribution in [-0.4, -0.2) is 51.8 Å². The molecule has 2 atom stereocenters. The molecule has 2 heterocycles. The monoisotopic (exact) mass is 272 g/mol. The Labute approximate surface area is 114 Å². The van der Waals surface area contributed by atoms with Gasteiger partial charge in [-0.3, -0.25) is 9.11 Å². The standard InChI is InChI=1S/C14H28N2OS/c1-4-12-10-16(14(9-15-12)11(2)3)13-5-7-18(17)8-6-13/h11-15H,4-10H2,1-3H3. The lowest BCUT2D eigenvalue weighted by molar-refractivity contribution is 0.0505. The van der Waals surface area contributed by atoms with Crippen LogP contribution in [0.3, 0.4) is 0 Å². The highest BCUT2D eigenvalue weighted by Crippen LogP contribution is 2.24. The van der Waals surface area contributed by atoms with Crippen molar-refractivity contribution in [3.05, 3.63) is 0 Å². The normalized spacial score (nSPS) is 39.1. The first-order chi connectivity index (χ1) is 8.61. The maximum absolute atomic E-state index is 11.5. The molecule has 0 aromatic heterocycles. The van der Waals surface area contributed by atoms with Crippen molar-refractivity contribution < 1.29 is 4.21 Å². The van der Waals surface area contributed by atoms with E-state index in [0.29, 0.717) is 24.0 Å². The summed E-state index contributed by atoms with van der Waals surface area (Å²) in [5.41, 5.74) is 0.